The quantitative estimate of drug-likeness (QED) is 0.902. The molecule has 1 N–H and O–H groups in total. The van der Waals surface area contributed by atoms with Gasteiger partial charge in [-0.25, -0.2) is 14.6 Å². The maximum absolute atomic E-state index is 12.0. The average Bonchev–Trinajstić information content (AvgIpc) is 3.24. The second kappa shape index (κ2) is 6.99. The lowest BCUT2D eigenvalue weighted by molar-refractivity contribution is 0.0268. The maximum Gasteiger partial charge on any atom is 0.409 e. The Morgan fingerprint density at radius 1 is 1.35 bits per heavy atom. The zero-order valence-corrected chi connectivity index (χ0v) is 12.8. The van der Waals surface area contributed by atoms with Gasteiger partial charge in [0, 0.05) is 25.6 Å². The van der Waals surface area contributed by atoms with Crippen molar-refractivity contribution in [1.82, 2.24) is 9.88 Å². The zero-order chi connectivity index (χ0) is 16.2. The van der Waals surface area contributed by atoms with Gasteiger partial charge in [-0.05, 0) is 25.7 Å². The van der Waals surface area contributed by atoms with Crippen LogP contribution in [0.4, 0.5) is 4.79 Å². The van der Waals surface area contributed by atoms with E-state index in [4.69, 9.17) is 19.0 Å². The highest BCUT2D eigenvalue weighted by atomic mass is 16.6. The first-order valence-electron chi connectivity index (χ1n) is 7.85. The summed E-state index contributed by atoms with van der Waals surface area (Å²) in [5.74, 6) is -0.733. The van der Waals surface area contributed by atoms with Gasteiger partial charge in [-0.2, -0.15) is 0 Å². The van der Waals surface area contributed by atoms with E-state index in [1.807, 2.05) is 0 Å². The van der Waals surface area contributed by atoms with E-state index in [2.05, 4.69) is 4.98 Å². The third kappa shape index (κ3) is 3.64. The fourth-order valence-electron chi connectivity index (χ4n) is 3.06. The summed E-state index contributed by atoms with van der Waals surface area (Å²) in [5, 5.41) is 9.08. The molecule has 23 heavy (non-hydrogen) atoms. The number of aromatic nitrogens is 1. The van der Waals surface area contributed by atoms with Crippen molar-refractivity contribution in [3.8, 4) is 0 Å². The number of oxazole rings is 1. The monoisotopic (exact) mass is 324 g/mol. The van der Waals surface area contributed by atoms with Crippen LogP contribution in [0.15, 0.2) is 10.8 Å². The largest absolute Gasteiger partial charge is 0.476 e. The van der Waals surface area contributed by atoms with Crippen molar-refractivity contribution in [1.29, 1.82) is 0 Å². The third-order valence-electron chi connectivity index (χ3n) is 4.34. The predicted molar refractivity (Wildman–Crippen MR) is 77.3 cm³/mol. The van der Waals surface area contributed by atoms with E-state index < -0.39 is 5.97 Å². The third-order valence-corrected chi connectivity index (χ3v) is 4.34. The summed E-state index contributed by atoms with van der Waals surface area (Å²) in [6, 6.07) is 0. The molecule has 0 radical (unpaired) electrons. The summed E-state index contributed by atoms with van der Waals surface area (Å²) < 4.78 is 15.9. The number of piperidine rings is 1. The molecule has 1 unspecified atom stereocenters. The van der Waals surface area contributed by atoms with Crippen LogP contribution in [0, 0.1) is 0 Å². The van der Waals surface area contributed by atoms with Crippen LogP contribution in [-0.4, -0.2) is 59.5 Å². The molecule has 3 heterocycles. The number of carbonyl (C=O) groups excluding carboxylic acids is 1. The normalized spacial score (nSPS) is 22.3. The minimum Gasteiger partial charge on any atom is -0.476 e. The molecule has 8 heteroatoms. The lowest BCUT2D eigenvalue weighted by Crippen LogP contribution is -2.39. The number of hydrogen-bond donors (Lipinski definition) is 1. The molecule has 2 aliphatic heterocycles. The fourth-order valence-corrected chi connectivity index (χ4v) is 3.06. The molecule has 1 amide bonds. The van der Waals surface area contributed by atoms with E-state index in [-0.39, 0.29) is 23.8 Å². The Labute approximate surface area is 133 Å². The molecule has 1 atom stereocenters. The summed E-state index contributed by atoms with van der Waals surface area (Å²) in [5.41, 5.74) is -0.0376. The van der Waals surface area contributed by atoms with Crippen LogP contribution in [0.2, 0.25) is 0 Å². The molecule has 0 saturated carbocycles. The highest BCUT2D eigenvalue weighted by Crippen LogP contribution is 2.30. The summed E-state index contributed by atoms with van der Waals surface area (Å²) in [6.45, 7) is 2.05. The van der Waals surface area contributed by atoms with Gasteiger partial charge >= 0.3 is 12.1 Å². The number of hydrogen-bond acceptors (Lipinski definition) is 6. The predicted octanol–water partition coefficient (Wildman–Crippen LogP) is 1.87. The number of nitrogens with zero attached hydrogens (tertiary/aromatic N) is 2. The topological polar surface area (TPSA) is 102 Å². The minimum absolute atomic E-state index is 0.0174. The van der Waals surface area contributed by atoms with Crippen molar-refractivity contribution < 1.29 is 28.6 Å². The first-order valence-corrected chi connectivity index (χ1v) is 7.85. The van der Waals surface area contributed by atoms with Gasteiger partial charge in [-0.1, -0.05) is 0 Å². The lowest BCUT2D eigenvalue weighted by atomic mass is 9.93. The number of likely N-dealkylation sites (tertiary alicyclic amines) is 1. The van der Waals surface area contributed by atoms with Crippen molar-refractivity contribution in [2.45, 2.75) is 37.7 Å². The van der Waals surface area contributed by atoms with Crippen LogP contribution in [0.1, 0.15) is 47.8 Å². The molecule has 2 saturated heterocycles. The van der Waals surface area contributed by atoms with Gasteiger partial charge in [0.2, 0.25) is 0 Å². The van der Waals surface area contributed by atoms with Crippen LogP contribution in [0.3, 0.4) is 0 Å². The standard InChI is InChI=1S/C15H20N2O6/c18-14(19)12-13(23-9-16-12)10-3-5-17(6-4-10)15(20)22-8-11-2-1-7-21-11/h9-11H,1-8H2,(H,18,19). The number of carbonyl (C=O) groups is 2. The average molecular weight is 324 g/mol. The van der Waals surface area contributed by atoms with Crippen LogP contribution in [0.25, 0.3) is 0 Å². The SMILES string of the molecule is O=C(O)c1ncoc1C1CCN(C(=O)OCC2CCCO2)CC1. The molecule has 0 spiro atoms. The highest BCUT2D eigenvalue weighted by Gasteiger charge is 2.30. The van der Waals surface area contributed by atoms with E-state index >= 15 is 0 Å². The Morgan fingerprint density at radius 3 is 2.78 bits per heavy atom. The van der Waals surface area contributed by atoms with Gasteiger partial charge in [-0.3, -0.25) is 0 Å². The Balaban J connectivity index is 1.48. The maximum atomic E-state index is 12.0. The number of amides is 1. The van der Waals surface area contributed by atoms with Gasteiger partial charge in [-0.15, -0.1) is 0 Å². The Kier molecular flexibility index (Phi) is 4.80. The van der Waals surface area contributed by atoms with Gasteiger partial charge in [0.1, 0.15) is 12.4 Å². The Morgan fingerprint density at radius 2 is 2.13 bits per heavy atom. The summed E-state index contributed by atoms with van der Waals surface area (Å²) in [4.78, 5) is 28.5. The minimum atomic E-state index is -1.09. The smallest absolute Gasteiger partial charge is 0.409 e. The number of carboxylic acids is 1. The Bertz CT molecular complexity index is 558. The van der Waals surface area contributed by atoms with E-state index in [1.54, 1.807) is 4.90 Å². The van der Waals surface area contributed by atoms with E-state index in [9.17, 15) is 9.59 Å². The van der Waals surface area contributed by atoms with Crippen molar-refractivity contribution >= 4 is 12.1 Å². The number of ether oxygens (including phenoxy) is 2. The molecule has 2 aliphatic rings. The molecular weight excluding hydrogens is 304 g/mol. The van der Waals surface area contributed by atoms with E-state index in [0.717, 1.165) is 25.8 Å². The van der Waals surface area contributed by atoms with Crippen molar-refractivity contribution in [2.24, 2.45) is 0 Å². The molecule has 0 aliphatic carbocycles. The summed E-state index contributed by atoms with van der Waals surface area (Å²) in [7, 11) is 0. The van der Waals surface area contributed by atoms with Gasteiger partial charge in [0.05, 0.1) is 6.10 Å². The van der Waals surface area contributed by atoms with E-state index in [1.165, 1.54) is 0 Å². The first-order chi connectivity index (χ1) is 11.1. The summed E-state index contributed by atoms with van der Waals surface area (Å²) in [6.07, 6.45) is 4.03. The zero-order valence-electron chi connectivity index (χ0n) is 12.8. The second-order valence-electron chi connectivity index (χ2n) is 5.84. The van der Waals surface area contributed by atoms with Crippen molar-refractivity contribution in [2.75, 3.05) is 26.3 Å². The van der Waals surface area contributed by atoms with Gasteiger partial charge in [0.15, 0.2) is 12.1 Å². The van der Waals surface area contributed by atoms with Gasteiger partial charge in [0.25, 0.3) is 0 Å². The lowest BCUT2D eigenvalue weighted by Gasteiger charge is -2.30. The van der Waals surface area contributed by atoms with Crippen molar-refractivity contribution in [3.05, 3.63) is 17.8 Å². The molecule has 8 nitrogen and oxygen atoms in total. The molecule has 1 aromatic heterocycles. The van der Waals surface area contributed by atoms with Gasteiger partial charge < -0.3 is 23.9 Å². The number of carboxylic acid groups (broad SMARTS) is 1. The van der Waals surface area contributed by atoms with Crippen LogP contribution < -0.4 is 0 Å². The molecule has 126 valence electrons. The van der Waals surface area contributed by atoms with E-state index in [0.29, 0.717) is 38.3 Å². The molecular formula is C15H20N2O6. The molecule has 1 aromatic rings. The highest BCUT2D eigenvalue weighted by molar-refractivity contribution is 5.86. The fraction of sp³-hybridized carbons (Fsp3) is 0.667. The molecule has 2 fully saturated rings. The van der Waals surface area contributed by atoms with Crippen LogP contribution >= 0.6 is 0 Å². The number of aromatic carboxylic acids is 1. The number of rotatable bonds is 4. The molecule has 0 bridgehead atoms. The first kappa shape index (κ1) is 15.8. The molecule has 3 rings (SSSR count). The molecule has 0 aromatic carbocycles. The van der Waals surface area contributed by atoms with Crippen molar-refractivity contribution in [3.63, 3.8) is 0 Å². The van der Waals surface area contributed by atoms with Crippen LogP contribution in [-0.2, 0) is 9.47 Å². The summed E-state index contributed by atoms with van der Waals surface area (Å²) >= 11 is 0. The second-order valence-corrected chi connectivity index (χ2v) is 5.84. The van der Waals surface area contributed by atoms with Crippen LogP contribution in [0.5, 0.6) is 0 Å². The Hall–Kier alpha value is -2.09.